The van der Waals surface area contributed by atoms with E-state index in [9.17, 15) is 22.4 Å². The van der Waals surface area contributed by atoms with Crippen molar-refractivity contribution in [1.29, 1.82) is 0 Å². The van der Waals surface area contributed by atoms with E-state index >= 15 is 0 Å². The highest BCUT2D eigenvalue weighted by Gasteiger charge is 2.38. The van der Waals surface area contributed by atoms with Gasteiger partial charge in [-0.25, -0.2) is 4.39 Å². The summed E-state index contributed by atoms with van der Waals surface area (Å²) in [6, 6.07) is 1.95. The minimum atomic E-state index is -4.75. The number of carbonyl (C=O) groups excluding carboxylic acids is 1. The van der Waals surface area contributed by atoms with Crippen molar-refractivity contribution in [1.82, 2.24) is 10.3 Å². The molecule has 1 heterocycles. The monoisotopic (exact) mass is 470 g/mol. The topological polar surface area (TPSA) is 54.1 Å². The molecular formula is C18H13Cl3F4N2O2. The number of H-pyrrole nitrogens is 1. The number of hydrogen-bond donors (Lipinski definition) is 2. The van der Waals surface area contributed by atoms with Crippen LogP contribution in [0, 0.1) is 18.2 Å². The van der Waals surface area contributed by atoms with Gasteiger partial charge in [-0.05, 0) is 12.1 Å². The Morgan fingerprint density at radius 3 is 2.52 bits per heavy atom. The van der Waals surface area contributed by atoms with E-state index < -0.39 is 36.1 Å². The SMILES string of the molecule is C#CCNC(=O)COc1cc(-c2c(CCl)[nH]c(C(F)(F)F)c2CCl)c(F)cc1Cl. The minimum absolute atomic E-state index is 0.0215. The normalized spacial score (nSPS) is 11.2. The molecule has 11 heteroatoms. The number of halogens is 7. The van der Waals surface area contributed by atoms with Crippen LogP contribution in [-0.2, 0) is 22.7 Å². The quantitative estimate of drug-likeness (QED) is 0.335. The van der Waals surface area contributed by atoms with E-state index in [0.717, 1.165) is 12.1 Å². The van der Waals surface area contributed by atoms with Crippen LogP contribution in [-0.4, -0.2) is 24.0 Å². The van der Waals surface area contributed by atoms with Crippen molar-refractivity contribution in [3.05, 3.63) is 39.9 Å². The summed E-state index contributed by atoms with van der Waals surface area (Å²) in [6.07, 6.45) is 0.274. The van der Waals surface area contributed by atoms with Gasteiger partial charge in [-0.2, -0.15) is 13.2 Å². The van der Waals surface area contributed by atoms with Crippen LogP contribution in [0.4, 0.5) is 17.6 Å². The van der Waals surface area contributed by atoms with Crippen LogP contribution in [0.1, 0.15) is 17.0 Å². The van der Waals surface area contributed by atoms with Gasteiger partial charge in [-0.1, -0.05) is 17.5 Å². The number of ether oxygens (including phenoxy) is 1. The summed E-state index contributed by atoms with van der Waals surface area (Å²) >= 11 is 17.4. The molecule has 0 aliphatic heterocycles. The molecule has 0 spiro atoms. The van der Waals surface area contributed by atoms with Crippen molar-refractivity contribution in [3.63, 3.8) is 0 Å². The lowest BCUT2D eigenvalue weighted by atomic mass is 10.00. The average Bonchev–Trinajstić information content (AvgIpc) is 3.04. The van der Waals surface area contributed by atoms with Gasteiger partial charge < -0.3 is 15.0 Å². The minimum Gasteiger partial charge on any atom is -0.482 e. The lowest BCUT2D eigenvalue weighted by Gasteiger charge is -2.13. The van der Waals surface area contributed by atoms with Crippen molar-refractivity contribution in [3.8, 4) is 29.2 Å². The van der Waals surface area contributed by atoms with Crippen molar-refractivity contribution in [2.45, 2.75) is 17.9 Å². The highest BCUT2D eigenvalue weighted by molar-refractivity contribution is 6.32. The van der Waals surface area contributed by atoms with Crippen molar-refractivity contribution in [2.24, 2.45) is 0 Å². The van der Waals surface area contributed by atoms with Gasteiger partial charge in [0.2, 0.25) is 0 Å². The molecule has 2 N–H and O–H groups in total. The maximum absolute atomic E-state index is 14.6. The largest absolute Gasteiger partial charge is 0.482 e. The van der Waals surface area contributed by atoms with Gasteiger partial charge in [0.15, 0.2) is 6.61 Å². The molecule has 1 amide bonds. The van der Waals surface area contributed by atoms with Crippen LogP contribution in [0.25, 0.3) is 11.1 Å². The molecule has 0 radical (unpaired) electrons. The van der Waals surface area contributed by atoms with E-state index in [-0.39, 0.29) is 45.6 Å². The Kier molecular flexibility index (Phi) is 7.69. The third-order valence-electron chi connectivity index (χ3n) is 3.77. The van der Waals surface area contributed by atoms with Crippen LogP contribution < -0.4 is 10.1 Å². The second kappa shape index (κ2) is 9.61. The summed E-state index contributed by atoms with van der Waals surface area (Å²) < 4.78 is 59.8. The first-order valence-electron chi connectivity index (χ1n) is 7.89. The van der Waals surface area contributed by atoms with Crippen LogP contribution in [0.15, 0.2) is 12.1 Å². The number of terminal acetylenes is 1. The molecule has 0 unspecified atom stereocenters. The molecule has 29 heavy (non-hydrogen) atoms. The molecule has 1 aromatic heterocycles. The molecule has 2 aromatic rings. The molecule has 1 aromatic carbocycles. The molecule has 4 nitrogen and oxygen atoms in total. The molecule has 0 saturated heterocycles. The predicted octanol–water partition coefficient (Wildman–Crippen LogP) is 5.10. The van der Waals surface area contributed by atoms with Gasteiger partial charge in [0, 0.05) is 22.4 Å². The van der Waals surface area contributed by atoms with Gasteiger partial charge in [0.25, 0.3) is 5.91 Å². The first kappa shape index (κ1) is 23.2. The summed E-state index contributed by atoms with van der Waals surface area (Å²) in [6.45, 7) is -0.509. The van der Waals surface area contributed by atoms with Crippen LogP contribution >= 0.6 is 34.8 Å². The van der Waals surface area contributed by atoms with Crippen LogP contribution in [0.5, 0.6) is 5.75 Å². The number of rotatable bonds is 7. The summed E-state index contributed by atoms with van der Waals surface area (Å²) in [5, 5.41) is 2.18. The highest BCUT2D eigenvalue weighted by atomic mass is 35.5. The fraction of sp³-hybridized carbons (Fsp3) is 0.278. The second-order valence-corrected chi connectivity index (χ2v) is 6.57. The molecule has 0 aliphatic carbocycles. The van der Waals surface area contributed by atoms with Crippen molar-refractivity contribution < 1.29 is 27.1 Å². The first-order chi connectivity index (χ1) is 13.6. The fourth-order valence-corrected chi connectivity index (χ4v) is 3.24. The van der Waals surface area contributed by atoms with E-state index in [1.165, 1.54) is 0 Å². The number of aromatic nitrogens is 1. The molecule has 0 saturated carbocycles. The van der Waals surface area contributed by atoms with E-state index in [0.29, 0.717) is 0 Å². The predicted molar refractivity (Wildman–Crippen MR) is 103 cm³/mol. The van der Waals surface area contributed by atoms with Crippen molar-refractivity contribution in [2.75, 3.05) is 13.2 Å². The molecule has 0 bridgehead atoms. The summed E-state index contributed by atoms with van der Waals surface area (Å²) in [4.78, 5) is 13.8. The Bertz CT molecular complexity index is 952. The maximum Gasteiger partial charge on any atom is 0.431 e. The van der Waals surface area contributed by atoms with Gasteiger partial charge in [0.1, 0.15) is 17.3 Å². The summed E-state index contributed by atoms with van der Waals surface area (Å²) in [5.74, 6) is -0.298. The zero-order valence-electron chi connectivity index (χ0n) is 14.5. The molecule has 2 rings (SSSR count). The number of amides is 1. The second-order valence-electron chi connectivity index (χ2n) is 5.63. The zero-order chi connectivity index (χ0) is 21.8. The Morgan fingerprint density at radius 2 is 1.97 bits per heavy atom. The zero-order valence-corrected chi connectivity index (χ0v) is 16.8. The van der Waals surface area contributed by atoms with Crippen LogP contribution in [0.3, 0.4) is 0 Å². The molecule has 0 fully saturated rings. The average molecular weight is 472 g/mol. The van der Waals surface area contributed by atoms with Gasteiger partial charge in [0.05, 0.1) is 23.3 Å². The molecular weight excluding hydrogens is 459 g/mol. The lowest BCUT2D eigenvalue weighted by molar-refractivity contribution is -0.141. The smallest absolute Gasteiger partial charge is 0.431 e. The third-order valence-corrected chi connectivity index (χ3v) is 4.60. The molecule has 0 aliphatic rings. The van der Waals surface area contributed by atoms with Gasteiger partial charge in [-0.3, -0.25) is 4.79 Å². The summed E-state index contributed by atoms with van der Waals surface area (Å²) in [5.41, 5.74) is -1.96. The standard InChI is InChI=1S/C18H13Cl3F4N2O2/c1-2-3-26-15(28)8-29-14-4-9(12(22)5-11(14)21)16-10(6-19)17(18(23,24)25)27-13(16)7-20/h1,4-5,27H,3,6-8H2,(H,26,28). The Labute approximate surface area is 178 Å². The molecule has 156 valence electrons. The molecule has 0 atom stereocenters. The number of benzene rings is 1. The van der Waals surface area contributed by atoms with E-state index in [2.05, 4.69) is 16.2 Å². The van der Waals surface area contributed by atoms with E-state index in [1.54, 1.807) is 0 Å². The van der Waals surface area contributed by atoms with Crippen molar-refractivity contribution >= 4 is 40.7 Å². The maximum atomic E-state index is 14.6. The Balaban J connectivity index is 2.52. The third kappa shape index (κ3) is 5.30. The number of alkyl halides is 5. The van der Waals surface area contributed by atoms with Crippen LogP contribution in [0.2, 0.25) is 5.02 Å². The Morgan fingerprint density at radius 1 is 1.28 bits per heavy atom. The number of carbonyl (C=O) groups is 1. The summed E-state index contributed by atoms with van der Waals surface area (Å²) in [7, 11) is 0. The van der Waals surface area contributed by atoms with E-state index in [1.807, 2.05) is 0 Å². The lowest BCUT2D eigenvalue weighted by Crippen LogP contribution is -2.29. The van der Waals surface area contributed by atoms with Gasteiger partial charge >= 0.3 is 6.18 Å². The number of aromatic amines is 1. The highest BCUT2D eigenvalue weighted by Crippen LogP contribution is 2.42. The van der Waals surface area contributed by atoms with Gasteiger partial charge in [-0.15, -0.1) is 29.6 Å². The Hall–Kier alpha value is -2.08. The first-order valence-corrected chi connectivity index (χ1v) is 9.33. The van der Waals surface area contributed by atoms with E-state index in [4.69, 9.17) is 46.0 Å². The number of nitrogens with one attached hydrogen (secondary N) is 2. The fourth-order valence-electron chi connectivity index (χ4n) is 2.57. The number of hydrogen-bond acceptors (Lipinski definition) is 2.